The zero-order valence-corrected chi connectivity index (χ0v) is 18.9. The predicted molar refractivity (Wildman–Crippen MR) is 118 cm³/mol. The Labute approximate surface area is 178 Å². The van der Waals surface area contributed by atoms with E-state index in [4.69, 9.17) is 0 Å². The lowest BCUT2D eigenvalue weighted by atomic mass is 10.0. The van der Waals surface area contributed by atoms with Gasteiger partial charge in [-0.1, -0.05) is 10.5 Å². The van der Waals surface area contributed by atoms with Crippen LogP contribution in [0.1, 0.15) is 33.4 Å². The number of aromatic nitrogens is 2. The second-order valence-corrected chi connectivity index (χ2v) is 11.8. The van der Waals surface area contributed by atoms with Crippen LogP contribution in [0.25, 0.3) is 22.2 Å². The molecule has 3 aromatic rings. The van der Waals surface area contributed by atoms with E-state index in [2.05, 4.69) is 14.4 Å². The number of rotatable bonds is 4. The van der Waals surface area contributed by atoms with Gasteiger partial charge in [0.15, 0.2) is 14.9 Å². The van der Waals surface area contributed by atoms with Crippen LogP contribution < -0.4 is 0 Å². The lowest BCUT2D eigenvalue weighted by Gasteiger charge is -2.19. The molecule has 158 valence electrons. The first-order valence-corrected chi connectivity index (χ1v) is 12.1. The number of pyridine rings is 2. The van der Waals surface area contributed by atoms with Crippen LogP contribution in [0.3, 0.4) is 0 Å². The van der Waals surface area contributed by atoms with E-state index in [0.29, 0.717) is 33.6 Å². The van der Waals surface area contributed by atoms with E-state index >= 15 is 0 Å². The monoisotopic (exact) mass is 447 g/mol. The molecule has 2 aromatic heterocycles. The lowest BCUT2D eigenvalue weighted by molar-refractivity contribution is 0.561. The number of benzene rings is 1. The lowest BCUT2D eigenvalue weighted by Crippen LogP contribution is -2.27. The third-order valence-corrected chi connectivity index (χ3v) is 6.72. The van der Waals surface area contributed by atoms with E-state index in [9.17, 15) is 17.4 Å². The molecule has 30 heavy (non-hydrogen) atoms. The Morgan fingerprint density at radius 1 is 1.13 bits per heavy atom. The fourth-order valence-corrected chi connectivity index (χ4v) is 3.89. The molecule has 1 atom stereocenters. The van der Waals surface area contributed by atoms with Gasteiger partial charge in [-0.05, 0) is 64.1 Å². The van der Waals surface area contributed by atoms with Gasteiger partial charge in [0.05, 0.1) is 16.9 Å². The number of sulfone groups is 1. The molecule has 1 aromatic carbocycles. The molecule has 3 rings (SSSR count). The number of hydrogen-bond donors (Lipinski definition) is 0. The minimum atomic E-state index is -3.52. The maximum absolute atomic E-state index is 13.8. The van der Waals surface area contributed by atoms with Gasteiger partial charge in [0.2, 0.25) is 0 Å². The number of hydrogen-bond acceptors (Lipinski definition) is 6. The quantitative estimate of drug-likeness (QED) is 0.443. The molecule has 0 aliphatic carbocycles. The van der Waals surface area contributed by atoms with Crippen molar-refractivity contribution in [1.82, 2.24) is 9.97 Å². The second kappa shape index (κ2) is 8.05. The topological polar surface area (TPSA) is 95.3 Å². The average molecular weight is 448 g/mol. The summed E-state index contributed by atoms with van der Waals surface area (Å²) < 4.78 is 54.0. The maximum Gasteiger partial charge on any atom is 0.192 e. The van der Waals surface area contributed by atoms with Gasteiger partial charge in [-0.3, -0.25) is 0 Å². The van der Waals surface area contributed by atoms with Crippen LogP contribution in [0.2, 0.25) is 0 Å². The summed E-state index contributed by atoms with van der Waals surface area (Å²) in [5.74, 6) is -0.417. The molecule has 6 nitrogen and oxygen atoms in total. The van der Waals surface area contributed by atoms with Crippen molar-refractivity contribution in [1.29, 1.82) is 0 Å². The number of fused-ring (bicyclic) bond motifs is 1. The van der Waals surface area contributed by atoms with Gasteiger partial charge in [-0.15, -0.1) is 0 Å². The predicted octanol–water partition coefficient (Wildman–Crippen LogP) is 4.11. The molecule has 0 aliphatic rings. The smallest absolute Gasteiger partial charge is 0.192 e. The molecule has 0 unspecified atom stereocenters. The van der Waals surface area contributed by atoms with Gasteiger partial charge in [0, 0.05) is 17.2 Å². The minimum Gasteiger partial charge on any atom is -0.591 e. The van der Waals surface area contributed by atoms with E-state index in [1.165, 1.54) is 18.2 Å². The van der Waals surface area contributed by atoms with Crippen LogP contribution in [0.15, 0.2) is 51.9 Å². The van der Waals surface area contributed by atoms with Gasteiger partial charge < -0.3 is 4.55 Å². The maximum atomic E-state index is 13.8. The van der Waals surface area contributed by atoms with E-state index < -0.39 is 31.8 Å². The molecule has 0 amide bonds. The van der Waals surface area contributed by atoms with E-state index in [1.54, 1.807) is 31.2 Å². The Hall–Kier alpha value is -2.36. The Balaban J connectivity index is 2.29. The van der Waals surface area contributed by atoms with Crippen molar-refractivity contribution in [3.8, 4) is 11.3 Å². The Morgan fingerprint density at radius 3 is 2.47 bits per heavy atom. The second-order valence-electron chi connectivity index (χ2n) is 7.89. The summed E-state index contributed by atoms with van der Waals surface area (Å²) in [6.07, 6.45) is 1.08. The largest absolute Gasteiger partial charge is 0.591 e. The summed E-state index contributed by atoms with van der Waals surface area (Å²) in [6, 6.07) is 10.5. The molecule has 0 N–H and O–H groups in total. The van der Waals surface area contributed by atoms with Gasteiger partial charge in [-0.2, -0.15) is 0 Å². The van der Waals surface area contributed by atoms with Crippen molar-refractivity contribution in [2.75, 3.05) is 6.26 Å². The SMILES string of the molecule is CC(=N[S@+]([O-])C(C)(C)C)c1nc2ccc(F)cc2cc1-c1cccc(S(C)(=O)=O)n1. The van der Waals surface area contributed by atoms with Crippen molar-refractivity contribution in [2.45, 2.75) is 37.5 Å². The summed E-state index contributed by atoms with van der Waals surface area (Å²) in [6.45, 7) is 7.13. The average Bonchev–Trinajstić information content (AvgIpc) is 2.65. The summed E-state index contributed by atoms with van der Waals surface area (Å²) in [5, 5.41) is 0.447. The first-order valence-electron chi connectivity index (χ1n) is 9.12. The van der Waals surface area contributed by atoms with Crippen molar-refractivity contribution in [3.05, 3.63) is 54.0 Å². The normalized spacial score (nSPS) is 14.2. The fourth-order valence-electron chi connectivity index (χ4n) is 2.69. The summed E-state index contributed by atoms with van der Waals surface area (Å²) in [7, 11) is -3.52. The van der Waals surface area contributed by atoms with Crippen LogP contribution in [0.4, 0.5) is 4.39 Å². The highest BCUT2D eigenvalue weighted by atomic mass is 32.2. The molecule has 2 heterocycles. The molecule has 0 radical (unpaired) electrons. The molecule has 9 heteroatoms. The third kappa shape index (κ3) is 4.85. The zero-order chi connectivity index (χ0) is 22.3. The molecule has 0 saturated carbocycles. The molecule has 0 saturated heterocycles. The Kier molecular flexibility index (Phi) is 5.99. The molecule has 0 spiro atoms. The minimum absolute atomic E-state index is 0.0850. The van der Waals surface area contributed by atoms with Gasteiger partial charge in [-0.25, -0.2) is 22.8 Å². The van der Waals surface area contributed by atoms with Crippen LogP contribution >= 0.6 is 0 Å². The number of halogens is 1. The first kappa shape index (κ1) is 22.3. The molecule has 0 bridgehead atoms. The number of nitrogens with zero attached hydrogens (tertiary/aromatic N) is 3. The van der Waals surface area contributed by atoms with Crippen LogP contribution in [0, 0.1) is 5.82 Å². The van der Waals surface area contributed by atoms with Crippen molar-refractivity contribution in [2.24, 2.45) is 4.40 Å². The molecular weight excluding hydrogens is 425 g/mol. The van der Waals surface area contributed by atoms with Crippen LogP contribution in [-0.2, 0) is 21.2 Å². The molecule has 0 aliphatic heterocycles. The Bertz CT molecular complexity index is 1250. The highest BCUT2D eigenvalue weighted by molar-refractivity contribution is 7.91. The van der Waals surface area contributed by atoms with Crippen molar-refractivity contribution < 1.29 is 17.4 Å². The summed E-state index contributed by atoms with van der Waals surface area (Å²) >= 11 is -1.52. The van der Waals surface area contributed by atoms with E-state index in [0.717, 1.165) is 6.26 Å². The van der Waals surface area contributed by atoms with E-state index in [-0.39, 0.29) is 5.03 Å². The van der Waals surface area contributed by atoms with Crippen LogP contribution in [0.5, 0.6) is 0 Å². The molecule has 0 fully saturated rings. The first-order chi connectivity index (χ1) is 13.9. The Morgan fingerprint density at radius 2 is 1.83 bits per heavy atom. The summed E-state index contributed by atoms with van der Waals surface area (Å²) in [4.78, 5) is 8.86. The standard InChI is InChI=1S/C21H22FN3O3S2/c1-13(25-29(26)21(2,3)4)20-16(12-14-11-15(22)9-10-17(14)24-20)18-7-6-8-19(23-18)30(5,27)28/h6-12H,1-5H3/t29-/m1/s1. The van der Waals surface area contributed by atoms with Crippen molar-refractivity contribution in [3.63, 3.8) is 0 Å². The van der Waals surface area contributed by atoms with Gasteiger partial charge >= 0.3 is 0 Å². The zero-order valence-electron chi connectivity index (χ0n) is 17.3. The van der Waals surface area contributed by atoms with E-state index in [1.807, 2.05) is 20.8 Å². The van der Waals surface area contributed by atoms with Crippen molar-refractivity contribution >= 4 is 37.8 Å². The molecular formula is C21H22FN3O3S2. The van der Waals surface area contributed by atoms with Gasteiger partial charge in [0.1, 0.15) is 27.6 Å². The highest BCUT2D eigenvalue weighted by Crippen LogP contribution is 2.28. The summed E-state index contributed by atoms with van der Waals surface area (Å²) in [5.41, 5.74) is 2.18. The highest BCUT2D eigenvalue weighted by Gasteiger charge is 2.27. The van der Waals surface area contributed by atoms with Crippen LogP contribution in [-0.4, -0.2) is 39.7 Å². The third-order valence-electron chi connectivity index (χ3n) is 4.24. The fraction of sp³-hybridized carbons (Fsp3) is 0.286. The van der Waals surface area contributed by atoms with Gasteiger partial charge in [0.25, 0.3) is 0 Å².